The van der Waals surface area contributed by atoms with Crippen LogP contribution in [-0.2, 0) is 15.6 Å². The van der Waals surface area contributed by atoms with Crippen LogP contribution in [0.1, 0.15) is 53.1 Å². The summed E-state index contributed by atoms with van der Waals surface area (Å²) < 4.78 is 0. The van der Waals surface area contributed by atoms with Crippen LogP contribution >= 0.6 is 0 Å². The Labute approximate surface area is 126 Å². The molecule has 1 aliphatic heterocycles. The highest BCUT2D eigenvalue weighted by Crippen LogP contribution is 2.30. The summed E-state index contributed by atoms with van der Waals surface area (Å²) in [6.07, 6.45) is 0. The number of carbonyl (C=O) groups is 1. The maximum Gasteiger partial charge on any atom is 0.310 e. The van der Waals surface area contributed by atoms with Crippen LogP contribution in [0, 0.1) is 5.92 Å². The summed E-state index contributed by atoms with van der Waals surface area (Å²) >= 11 is 0. The number of anilines is 1. The van der Waals surface area contributed by atoms with E-state index >= 15 is 0 Å². The number of aliphatic carboxylic acids is 1. The van der Waals surface area contributed by atoms with Gasteiger partial charge >= 0.3 is 5.97 Å². The summed E-state index contributed by atoms with van der Waals surface area (Å²) in [5, 5.41) is 9.01. The zero-order valence-corrected chi connectivity index (χ0v) is 13.8. The van der Waals surface area contributed by atoms with Gasteiger partial charge in [0, 0.05) is 30.0 Å². The minimum Gasteiger partial charge on any atom is -0.481 e. The molecular formula is C16H25N3O2. The van der Waals surface area contributed by atoms with Gasteiger partial charge in [-0.05, 0) is 0 Å². The molecule has 2 rings (SSSR count). The zero-order valence-electron chi connectivity index (χ0n) is 13.8. The fourth-order valence-corrected chi connectivity index (χ4v) is 2.14. The largest absolute Gasteiger partial charge is 0.481 e. The number of nitrogens with zero attached hydrogens (tertiary/aromatic N) is 3. The second-order valence-corrected chi connectivity index (χ2v) is 7.88. The van der Waals surface area contributed by atoms with Crippen LogP contribution in [0.25, 0.3) is 0 Å². The summed E-state index contributed by atoms with van der Waals surface area (Å²) in [5.74, 6) is 0.643. The van der Waals surface area contributed by atoms with Gasteiger partial charge < -0.3 is 10.0 Å². The molecule has 21 heavy (non-hydrogen) atoms. The van der Waals surface area contributed by atoms with E-state index < -0.39 is 5.97 Å². The Morgan fingerprint density at radius 3 is 2.14 bits per heavy atom. The Balaban J connectivity index is 2.36. The quantitative estimate of drug-likeness (QED) is 0.907. The van der Waals surface area contributed by atoms with Gasteiger partial charge in [-0.25, -0.2) is 9.97 Å². The van der Waals surface area contributed by atoms with Crippen molar-refractivity contribution < 1.29 is 9.90 Å². The third-order valence-electron chi connectivity index (χ3n) is 3.71. The molecule has 2 heterocycles. The van der Waals surface area contributed by atoms with Crippen LogP contribution in [0.5, 0.6) is 0 Å². The van der Waals surface area contributed by atoms with Gasteiger partial charge in [0.25, 0.3) is 0 Å². The summed E-state index contributed by atoms with van der Waals surface area (Å²) in [4.78, 5) is 22.3. The predicted octanol–water partition coefficient (Wildman–Crippen LogP) is 2.59. The highest BCUT2D eigenvalue weighted by Gasteiger charge is 2.35. The molecule has 1 aromatic rings. The van der Waals surface area contributed by atoms with Crippen LogP contribution < -0.4 is 4.90 Å². The molecule has 5 nitrogen and oxygen atoms in total. The van der Waals surface area contributed by atoms with Crippen molar-refractivity contribution in [3.8, 4) is 0 Å². The normalized spacial score (nSPS) is 16.8. The van der Waals surface area contributed by atoms with Gasteiger partial charge in [0.15, 0.2) is 0 Å². The van der Waals surface area contributed by atoms with Crippen molar-refractivity contribution in [2.24, 2.45) is 5.92 Å². The van der Waals surface area contributed by atoms with Crippen molar-refractivity contribution in [1.29, 1.82) is 0 Å². The first-order valence-corrected chi connectivity index (χ1v) is 7.36. The summed E-state index contributed by atoms with van der Waals surface area (Å²) in [7, 11) is 0. The smallest absolute Gasteiger partial charge is 0.310 e. The van der Waals surface area contributed by atoms with Gasteiger partial charge in [-0.2, -0.15) is 0 Å². The predicted molar refractivity (Wildman–Crippen MR) is 82.8 cm³/mol. The van der Waals surface area contributed by atoms with Crippen LogP contribution in [0.4, 0.5) is 5.82 Å². The van der Waals surface area contributed by atoms with Crippen molar-refractivity contribution >= 4 is 11.8 Å². The lowest BCUT2D eigenvalue weighted by Crippen LogP contribution is -2.51. The van der Waals surface area contributed by atoms with Crippen LogP contribution in [0.3, 0.4) is 0 Å². The molecule has 0 amide bonds. The first-order chi connectivity index (χ1) is 9.48. The third kappa shape index (κ3) is 3.34. The van der Waals surface area contributed by atoms with Gasteiger partial charge in [-0.15, -0.1) is 0 Å². The average Bonchev–Trinajstić information content (AvgIpc) is 2.23. The van der Waals surface area contributed by atoms with E-state index in [1.54, 1.807) is 0 Å². The zero-order chi connectivity index (χ0) is 16.0. The molecule has 116 valence electrons. The molecule has 0 aromatic carbocycles. The molecule has 5 heteroatoms. The van der Waals surface area contributed by atoms with E-state index in [2.05, 4.69) is 46.5 Å². The second kappa shape index (κ2) is 4.97. The minimum atomic E-state index is -0.729. The molecule has 0 aliphatic carbocycles. The van der Waals surface area contributed by atoms with Crippen molar-refractivity contribution in [3.63, 3.8) is 0 Å². The highest BCUT2D eigenvalue weighted by molar-refractivity contribution is 5.74. The van der Waals surface area contributed by atoms with Gasteiger partial charge in [0.05, 0.1) is 11.6 Å². The molecular weight excluding hydrogens is 266 g/mol. The lowest BCUT2D eigenvalue weighted by atomic mass is 9.89. The molecule has 0 spiro atoms. The molecule has 1 N–H and O–H groups in total. The third-order valence-corrected chi connectivity index (χ3v) is 3.71. The molecule has 1 aromatic heterocycles. The van der Waals surface area contributed by atoms with Crippen LogP contribution in [0.2, 0.25) is 0 Å². The average molecular weight is 291 g/mol. The maximum absolute atomic E-state index is 11.0. The fourth-order valence-electron chi connectivity index (χ4n) is 2.14. The first-order valence-electron chi connectivity index (χ1n) is 7.36. The Bertz CT molecular complexity index is 517. The van der Waals surface area contributed by atoms with Crippen LogP contribution in [-0.4, -0.2) is 34.1 Å². The molecule has 0 unspecified atom stereocenters. The highest BCUT2D eigenvalue weighted by atomic mass is 16.4. The number of hydrogen-bond donors (Lipinski definition) is 1. The lowest BCUT2D eigenvalue weighted by molar-refractivity contribution is -0.142. The van der Waals surface area contributed by atoms with Crippen molar-refractivity contribution in [1.82, 2.24) is 9.97 Å². The molecule has 1 aliphatic rings. The van der Waals surface area contributed by atoms with E-state index in [-0.39, 0.29) is 16.7 Å². The monoisotopic (exact) mass is 291 g/mol. The number of carboxylic acids is 1. The number of rotatable bonds is 2. The molecule has 1 saturated heterocycles. The molecule has 0 radical (unpaired) electrons. The molecule has 0 atom stereocenters. The Morgan fingerprint density at radius 2 is 1.71 bits per heavy atom. The topological polar surface area (TPSA) is 66.3 Å². The standard InChI is InChI=1S/C16H25N3O2/c1-15(2,3)11-7-12(18-14(17-11)16(4,5)6)19-8-10(9-19)13(20)21/h7,10H,8-9H2,1-6H3,(H,20,21). The maximum atomic E-state index is 11.0. The lowest BCUT2D eigenvalue weighted by Gasteiger charge is -2.38. The van der Waals surface area contributed by atoms with Gasteiger partial charge in [-0.3, -0.25) is 4.79 Å². The Hall–Kier alpha value is -1.65. The molecule has 1 fully saturated rings. The van der Waals surface area contributed by atoms with E-state index in [9.17, 15) is 4.79 Å². The first kappa shape index (κ1) is 15.7. The van der Waals surface area contributed by atoms with Crippen molar-refractivity contribution in [3.05, 3.63) is 17.6 Å². The van der Waals surface area contributed by atoms with Crippen molar-refractivity contribution in [2.75, 3.05) is 18.0 Å². The van der Waals surface area contributed by atoms with Crippen molar-refractivity contribution in [2.45, 2.75) is 52.4 Å². The summed E-state index contributed by atoms with van der Waals surface area (Å²) in [6, 6.07) is 1.99. The van der Waals surface area contributed by atoms with Crippen LogP contribution in [0.15, 0.2) is 6.07 Å². The van der Waals surface area contributed by atoms with Gasteiger partial charge in [-0.1, -0.05) is 41.5 Å². The molecule has 0 bridgehead atoms. The van der Waals surface area contributed by atoms with E-state index in [0.717, 1.165) is 17.3 Å². The van der Waals surface area contributed by atoms with E-state index in [0.29, 0.717) is 13.1 Å². The summed E-state index contributed by atoms with van der Waals surface area (Å²) in [6.45, 7) is 13.7. The number of hydrogen-bond acceptors (Lipinski definition) is 4. The fraction of sp³-hybridized carbons (Fsp3) is 0.688. The van der Waals surface area contributed by atoms with E-state index in [4.69, 9.17) is 10.1 Å². The Morgan fingerprint density at radius 1 is 1.14 bits per heavy atom. The Kier molecular flexibility index (Phi) is 3.72. The minimum absolute atomic E-state index is 0.0608. The van der Waals surface area contributed by atoms with Gasteiger partial charge in [0.1, 0.15) is 11.6 Å². The molecule has 0 saturated carbocycles. The number of carboxylic acid groups (broad SMARTS) is 1. The number of aromatic nitrogens is 2. The SMILES string of the molecule is CC(C)(C)c1cc(N2CC(C(=O)O)C2)nc(C(C)(C)C)n1. The van der Waals surface area contributed by atoms with E-state index in [1.165, 1.54) is 0 Å². The van der Waals surface area contributed by atoms with E-state index in [1.807, 2.05) is 11.0 Å². The summed E-state index contributed by atoms with van der Waals surface area (Å²) in [5.41, 5.74) is 0.804. The van der Waals surface area contributed by atoms with Gasteiger partial charge in [0.2, 0.25) is 0 Å². The second-order valence-electron chi connectivity index (χ2n) is 7.88.